The van der Waals surface area contributed by atoms with Gasteiger partial charge in [0.1, 0.15) is 0 Å². The van der Waals surface area contributed by atoms with E-state index in [0.29, 0.717) is 6.10 Å². The van der Waals surface area contributed by atoms with Crippen LogP contribution in [0.1, 0.15) is 25.7 Å². The normalized spacial score (nSPS) is 27.6. The summed E-state index contributed by atoms with van der Waals surface area (Å²) in [4.78, 5) is 10.7. The van der Waals surface area contributed by atoms with Gasteiger partial charge in [-0.3, -0.25) is 0 Å². The molecule has 1 aliphatic carbocycles. The number of ether oxygens (including phenoxy) is 2. The third-order valence-electron chi connectivity index (χ3n) is 2.35. The molecule has 0 aromatic carbocycles. The van der Waals surface area contributed by atoms with Crippen LogP contribution in [0, 0.1) is 0 Å². The second-order valence-corrected chi connectivity index (χ2v) is 6.61. The van der Waals surface area contributed by atoms with Crippen molar-refractivity contribution in [1.29, 1.82) is 0 Å². The standard InChI is InChI=1S/C10H15O3.Pb/c1-12-10(11)7-8-13-9-5-3-2-4-6-9;/h2,7-9H,3-6H2,1H3;/b8-7+;. The van der Waals surface area contributed by atoms with E-state index in [9.17, 15) is 4.79 Å². The van der Waals surface area contributed by atoms with Gasteiger partial charge in [0.2, 0.25) is 0 Å². The fourth-order valence-electron chi connectivity index (χ4n) is 1.47. The topological polar surface area (TPSA) is 35.5 Å². The number of hydrogen-bond acceptors (Lipinski definition) is 3. The third kappa shape index (κ3) is 4.43. The van der Waals surface area contributed by atoms with E-state index in [2.05, 4.69) is 4.74 Å². The average molecular weight is 390 g/mol. The Labute approximate surface area is 101 Å². The maximum absolute atomic E-state index is 10.7. The molecule has 3 radical (unpaired) electrons. The summed E-state index contributed by atoms with van der Waals surface area (Å²) in [6.07, 6.45) is 7.91. The second-order valence-electron chi connectivity index (χ2n) is 3.44. The summed E-state index contributed by atoms with van der Waals surface area (Å²) in [7, 11) is 1.36. The van der Waals surface area contributed by atoms with Crippen LogP contribution in [0.4, 0.5) is 0 Å². The first kappa shape index (κ1) is 12.0. The molecule has 0 aliphatic heterocycles. The molecule has 3 nitrogen and oxygen atoms in total. The van der Waals surface area contributed by atoms with Gasteiger partial charge in [-0.2, -0.15) is 0 Å². The van der Waals surface area contributed by atoms with E-state index in [1.807, 2.05) is 0 Å². The van der Waals surface area contributed by atoms with Crippen molar-refractivity contribution in [3.8, 4) is 0 Å². The van der Waals surface area contributed by atoms with Gasteiger partial charge in [0.25, 0.3) is 0 Å². The van der Waals surface area contributed by atoms with Crippen LogP contribution in [0.15, 0.2) is 12.3 Å². The molecule has 0 saturated heterocycles. The Kier molecular flexibility index (Phi) is 5.51. The zero-order chi connectivity index (χ0) is 10.4. The molecule has 4 heteroatoms. The fourth-order valence-corrected chi connectivity index (χ4v) is 2.77. The van der Waals surface area contributed by atoms with Crippen LogP contribution in [-0.2, 0) is 14.3 Å². The molecule has 14 heavy (non-hydrogen) atoms. The maximum atomic E-state index is 10.7. The fraction of sp³-hybridized carbons (Fsp3) is 0.700. The zero-order valence-electron chi connectivity index (χ0n) is 8.36. The molecule has 0 unspecified atom stereocenters. The van der Waals surface area contributed by atoms with Crippen molar-refractivity contribution >= 4 is 31.7 Å². The molecule has 0 bridgehead atoms. The molecule has 0 heterocycles. The van der Waals surface area contributed by atoms with E-state index >= 15 is 0 Å². The number of rotatable bonds is 3. The zero-order valence-corrected chi connectivity index (χ0v) is 12.3. The van der Waals surface area contributed by atoms with E-state index in [-0.39, 0.29) is 5.97 Å². The Bertz CT molecular complexity index is 207. The summed E-state index contributed by atoms with van der Waals surface area (Å²) in [6, 6.07) is 0. The summed E-state index contributed by atoms with van der Waals surface area (Å²) in [5.74, 6) is -0.360. The van der Waals surface area contributed by atoms with E-state index in [4.69, 9.17) is 4.74 Å². The molecule has 0 atom stereocenters. The second kappa shape index (κ2) is 6.42. The van der Waals surface area contributed by atoms with Crippen LogP contribution in [0.5, 0.6) is 0 Å². The van der Waals surface area contributed by atoms with Crippen LogP contribution in [0.2, 0.25) is 3.48 Å². The van der Waals surface area contributed by atoms with Gasteiger partial charge in [0.15, 0.2) is 0 Å². The van der Waals surface area contributed by atoms with Crippen molar-refractivity contribution in [3.63, 3.8) is 0 Å². The molecule has 0 aromatic heterocycles. The Hall–Kier alpha value is -0.0679. The summed E-state index contributed by atoms with van der Waals surface area (Å²) in [6.45, 7) is 0. The quantitative estimate of drug-likeness (QED) is 0.318. The van der Waals surface area contributed by atoms with Crippen LogP contribution in [0.25, 0.3) is 0 Å². The predicted molar refractivity (Wildman–Crippen MR) is 54.0 cm³/mol. The average Bonchev–Trinajstić information content (AvgIpc) is 2.21. The van der Waals surface area contributed by atoms with Crippen LogP contribution >= 0.6 is 0 Å². The van der Waals surface area contributed by atoms with Crippen molar-refractivity contribution in [2.45, 2.75) is 35.3 Å². The van der Waals surface area contributed by atoms with Gasteiger partial charge in [0, 0.05) is 0 Å². The van der Waals surface area contributed by atoms with Crippen molar-refractivity contribution in [3.05, 3.63) is 12.3 Å². The molecule has 1 aliphatic rings. The molecule has 1 rings (SSSR count). The van der Waals surface area contributed by atoms with E-state index in [1.165, 1.54) is 58.1 Å². The molecule has 0 aromatic rings. The van der Waals surface area contributed by atoms with Gasteiger partial charge in [0.05, 0.1) is 0 Å². The molecule has 0 N–H and O–H groups in total. The molecule has 1 fully saturated rings. The van der Waals surface area contributed by atoms with Crippen LogP contribution < -0.4 is 0 Å². The molecular weight excluding hydrogens is 375 g/mol. The van der Waals surface area contributed by atoms with Crippen LogP contribution in [0.3, 0.4) is 0 Å². The number of carbonyl (C=O) groups is 1. The first-order valence-electron chi connectivity index (χ1n) is 4.83. The van der Waals surface area contributed by atoms with Crippen molar-refractivity contribution in [2.75, 3.05) is 7.11 Å². The predicted octanol–water partition coefficient (Wildman–Crippen LogP) is 1.59. The minimum atomic E-state index is -0.360. The Balaban J connectivity index is 2.19. The van der Waals surface area contributed by atoms with Gasteiger partial charge >= 0.3 is 101 Å². The summed E-state index contributed by atoms with van der Waals surface area (Å²) in [5, 5.41) is 0. The molecule has 0 amide bonds. The monoisotopic (exact) mass is 391 g/mol. The SMILES string of the molecule is COC(=O)/C=C/OC1CC[CH]([Pb])CC1. The van der Waals surface area contributed by atoms with Crippen molar-refractivity contribution < 1.29 is 14.3 Å². The van der Waals surface area contributed by atoms with Gasteiger partial charge in [-0.15, -0.1) is 0 Å². The van der Waals surface area contributed by atoms with E-state index in [0.717, 1.165) is 16.3 Å². The Morgan fingerprint density at radius 1 is 1.36 bits per heavy atom. The van der Waals surface area contributed by atoms with Crippen LogP contribution in [-0.4, -0.2) is 45.0 Å². The summed E-state index contributed by atoms with van der Waals surface area (Å²) in [5.41, 5.74) is 0. The molecule has 77 valence electrons. The summed E-state index contributed by atoms with van der Waals surface area (Å²) < 4.78 is 10.9. The van der Waals surface area contributed by atoms with E-state index in [1.54, 1.807) is 0 Å². The van der Waals surface area contributed by atoms with Crippen molar-refractivity contribution in [1.82, 2.24) is 0 Å². The van der Waals surface area contributed by atoms with Gasteiger partial charge in [-0.25, -0.2) is 0 Å². The molecule has 0 spiro atoms. The molecular formula is C10H15O3Pb. The van der Waals surface area contributed by atoms with Gasteiger partial charge in [-0.1, -0.05) is 0 Å². The van der Waals surface area contributed by atoms with Gasteiger partial charge in [-0.05, 0) is 0 Å². The number of hydrogen-bond donors (Lipinski definition) is 0. The van der Waals surface area contributed by atoms with E-state index < -0.39 is 0 Å². The third-order valence-corrected chi connectivity index (χ3v) is 4.59. The number of methoxy groups -OCH3 is 1. The first-order valence-corrected chi connectivity index (χ1v) is 7.08. The molecule has 1 saturated carbocycles. The van der Waals surface area contributed by atoms with Gasteiger partial charge < -0.3 is 0 Å². The minimum absolute atomic E-state index is 0.307. The number of esters is 1. The number of carbonyl (C=O) groups excluding carboxylic acids is 1. The first-order chi connectivity index (χ1) is 6.72. The Morgan fingerprint density at radius 3 is 2.57 bits per heavy atom. The van der Waals surface area contributed by atoms with Crippen molar-refractivity contribution in [2.24, 2.45) is 0 Å². The summed E-state index contributed by atoms with van der Waals surface area (Å²) >= 11 is 1.30. The Morgan fingerprint density at radius 2 is 2.00 bits per heavy atom.